The average Bonchev–Trinajstić information content (AvgIpc) is 2.63. The zero-order chi connectivity index (χ0) is 12.7. The lowest BCUT2D eigenvalue weighted by molar-refractivity contribution is -0.856. The molecule has 9 heteroatoms. The number of hydrogen-bond donors (Lipinski definition) is 3. The van der Waals surface area contributed by atoms with Crippen LogP contribution in [-0.2, 0) is 9.84 Å². The van der Waals surface area contributed by atoms with E-state index in [4.69, 9.17) is 22.4 Å². The lowest BCUT2D eigenvalue weighted by atomic mass is 10.1. The fourth-order valence-corrected chi connectivity index (χ4v) is 5.39. The fraction of sp³-hybridized carbons (Fsp3) is 0.889. The molecule has 0 spiro atoms. The summed E-state index contributed by atoms with van der Waals surface area (Å²) in [6.45, 7) is 0.544. The van der Waals surface area contributed by atoms with Crippen LogP contribution in [0.1, 0.15) is 0 Å². The van der Waals surface area contributed by atoms with Crippen molar-refractivity contribution in [1.82, 2.24) is 5.32 Å². The Kier molecular flexibility index (Phi) is 5.13. The van der Waals surface area contributed by atoms with Crippen molar-refractivity contribution in [1.29, 1.82) is 0 Å². The Morgan fingerprint density at radius 1 is 1.28 bits per heavy atom. The summed E-state index contributed by atoms with van der Waals surface area (Å²) in [5.41, 5.74) is 0. The highest BCUT2D eigenvalue weighted by Crippen LogP contribution is 2.31. The van der Waals surface area contributed by atoms with Crippen LogP contribution in [0.5, 0.6) is 0 Å². The van der Waals surface area contributed by atoms with Gasteiger partial charge in [-0.15, -0.1) is 0 Å². The number of nitrogens with zero attached hydrogens (tertiary/aromatic N) is 1. The summed E-state index contributed by atoms with van der Waals surface area (Å²) in [4.78, 5) is 0. The van der Waals surface area contributed by atoms with Crippen LogP contribution in [0.2, 0.25) is 0 Å². The summed E-state index contributed by atoms with van der Waals surface area (Å²) in [6, 6.07) is -0.350. The van der Waals surface area contributed by atoms with Crippen molar-refractivity contribution in [3.63, 3.8) is 0 Å². The van der Waals surface area contributed by atoms with Crippen molar-refractivity contribution in [2.45, 2.75) is 12.1 Å². The van der Waals surface area contributed by atoms with Crippen molar-refractivity contribution in [3.05, 3.63) is 0 Å². The molecule has 0 aliphatic carbocycles. The third kappa shape index (κ3) is 2.56. The van der Waals surface area contributed by atoms with E-state index in [-0.39, 0.29) is 58.3 Å². The van der Waals surface area contributed by atoms with Crippen LogP contribution in [0.3, 0.4) is 0 Å². The van der Waals surface area contributed by atoms with Crippen LogP contribution in [0.15, 0.2) is 0 Å². The second-order valence-corrected chi connectivity index (χ2v) is 7.17. The molecule has 2 heterocycles. The van der Waals surface area contributed by atoms with E-state index in [0.717, 1.165) is 0 Å². The Labute approximate surface area is 122 Å². The second-order valence-electron chi connectivity index (χ2n) is 4.63. The first-order valence-electron chi connectivity index (χ1n) is 5.55. The van der Waals surface area contributed by atoms with Gasteiger partial charge in [0, 0.05) is 12.2 Å². The highest BCUT2D eigenvalue weighted by molar-refractivity contribution is 7.91. The molecule has 2 fully saturated rings. The van der Waals surface area contributed by atoms with E-state index in [9.17, 15) is 8.42 Å². The number of halogens is 1. The number of fused-ring (bicyclic) bond motifs is 1. The summed E-state index contributed by atoms with van der Waals surface area (Å²) in [6.07, 6.45) is 0. The Balaban J connectivity index is 0.00000162. The van der Waals surface area contributed by atoms with Crippen molar-refractivity contribution in [2.24, 2.45) is 0 Å². The Bertz CT molecular complexity index is 422. The first-order chi connectivity index (χ1) is 7.95. The van der Waals surface area contributed by atoms with E-state index >= 15 is 0 Å². The number of quaternary nitrogens is 1. The molecule has 2 aliphatic rings. The molecule has 2 atom stereocenters. The van der Waals surface area contributed by atoms with E-state index in [1.54, 1.807) is 0 Å². The number of hydrogen-bond acceptors (Lipinski definition) is 5. The Hall–Kier alpha value is 0.200. The molecule has 0 aromatic carbocycles. The van der Waals surface area contributed by atoms with E-state index in [0.29, 0.717) is 18.2 Å². The Morgan fingerprint density at radius 2 is 1.83 bits per heavy atom. The first kappa shape index (κ1) is 16.3. The van der Waals surface area contributed by atoms with Crippen LogP contribution in [0.4, 0.5) is 0 Å². The summed E-state index contributed by atoms with van der Waals surface area (Å²) >= 11 is 5.26. The third-order valence-corrected chi connectivity index (χ3v) is 5.87. The number of sulfone groups is 1. The van der Waals surface area contributed by atoms with Crippen LogP contribution in [0, 0.1) is 0 Å². The maximum absolute atomic E-state index is 11.6. The number of thiocarbonyl (C=S) groups is 1. The van der Waals surface area contributed by atoms with E-state index in [1.165, 1.54) is 0 Å². The molecule has 0 aromatic rings. The summed E-state index contributed by atoms with van der Waals surface area (Å²) in [5, 5.41) is 21.9. The first-order valence-corrected chi connectivity index (χ1v) is 7.78. The molecule has 6 nitrogen and oxygen atoms in total. The van der Waals surface area contributed by atoms with Gasteiger partial charge in [0.25, 0.3) is 5.11 Å². The summed E-state index contributed by atoms with van der Waals surface area (Å²) < 4.78 is 23.5. The molecule has 0 saturated carbocycles. The molecular weight excluding hydrogens is 344 g/mol. The van der Waals surface area contributed by atoms with Crippen molar-refractivity contribution in [2.75, 3.05) is 37.8 Å². The maximum atomic E-state index is 11.6. The predicted octanol–water partition coefficient (Wildman–Crippen LogP) is -5.15. The molecule has 0 aromatic heterocycles. The minimum atomic E-state index is -3.04. The van der Waals surface area contributed by atoms with Crippen molar-refractivity contribution in [3.8, 4) is 0 Å². The molecule has 0 bridgehead atoms. The van der Waals surface area contributed by atoms with Crippen LogP contribution < -0.4 is 22.3 Å². The zero-order valence-electron chi connectivity index (χ0n) is 9.75. The molecule has 2 rings (SSSR count). The van der Waals surface area contributed by atoms with Gasteiger partial charge in [0.15, 0.2) is 9.84 Å². The fourth-order valence-electron chi connectivity index (χ4n) is 2.90. The maximum Gasteiger partial charge on any atom is 0.270 e. The monoisotopic (exact) mass is 360 g/mol. The van der Waals surface area contributed by atoms with Gasteiger partial charge in [-0.1, -0.05) is 0 Å². The lowest BCUT2D eigenvalue weighted by Crippen LogP contribution is -3.00. The Morgan fingerprint density at radius 3 is 2.33 bits per heavy atom. The molecular formula is C9H17BrN2O4S2. The highest BCUT2D eigenvalue weighted by atomic mass is 79.9. The molecule has 2 unspecified atom stereocenters. The van der Waals surface area contributed by atoms with Crippen LogP contribution in [0.25, 0.3) is 0 Å². The van der Waals surface area contributed by atoms with Crippen LogP contribution >= 0.6 is 12.2 Å². The van der Waals surface area contributed by atoms with Gasteiger partial charge >= 0.3 is 0 Å². The van der Waals surface area contributed by atoms with Gasteiger partial charge < -0.3 is 32.5 Å². The smallest absolute Gasteiger partial charge is 0.270 e. The van der Waals surface area contributed by atoms with E-state index < -0.39 is 9.84 Å². The summed E-state index contributed by atoms with van der Waals surface area (Å²) in [7, 11) is -3.04. The average molecular weight is 361 g/mol. The van der Waals surface area contributed by atoms with Gasteiger partial charge in [0.05, 0.1) is 25.0 Å². The number of rotatable bonds is 4. The second kappa shape index (κ2) is 5.68. The SMILES string of the molecule is O=S1(=O)CC2NC(=S)[N+](CCO)(CCO)C2C1.[Br-]. The van der Waals surface area contributed by atoms with Gasteiger partial charge in [-0.2, -0.15) is 0 Å². The lowest BCUT2D eigenvalue weighted by Gasteiger charge is -2.35. The molecule has 18 heavy (non-hydrogen) atoms. The van der Waals surface area contributed by atoms with Gasteiger partial charge in [-0.25, -0.2) is 8.42 Å². The topological polar surface area (TPSA) is 86.6 Å². The van der Waals surface area contributed by atoms with E-state index in [1.807, 2.05) is 0 Å². The summed E-state index contributed by atoms with van der Waals surface area (Å²) in [5.74, 6) is 0.166. The number of aliphatic hydroxyl groups excluding tert-OH is 2. The highest BCUT2D eigenvalue weighted by Gasteiger charge is 2.58. The van der Waals surface area contributed by atoms with Crippen LogP contribution in [-0.4, -0.2) is 78.1 Å². The normalized spacial score (nSPS) is 31.6. The molecule has 3 N–H and O–H groups in total. The van der Waals surface area contributed by atoms with Gasteiger partial charge in [-0.05, 0) is 0 Å². The van der Waals surface area contributed by atoms with E-state index in [2.05, 4.69) is 5.32 Å². The number of nitrogens with one attached hydrogen (secondary N) is 1. The van der Waals surface area contributed by atoms with Gasteiger partial charge in [-0.3, -0.25) is 4.48 Å². The third-order valence-electron chi connectivity index (χ3n) is 3.67. The van der Waals surface area contributed by atoms with Crippen molar-refractivity contribution < 1.29 is 40.1 Å². The zero-order valence-corrected chi connectivity index (χ0v) is 13.0. The molecule has 0 radical (unpaired) electrons. The minimum Gasteiger partial charge on any atom is -1.00 e. The quantitative estimate of drug-likeness (QED) is 0.343. The molecule has 2 saturated heterocycles. The minimum absolute atomic E-state index is 0. The van der Waals surface area contributed by atoms with Gasteiger partial charge in [0.1, 0.15) is 24.9 Å². The van der Waals surface area contributed by atoms with Gasteiger partial charge in [0.2, 0.25) is 0 Å². The predicted molar refractivity (Wildman–Crippen MR) is 66.1 cm³/mol. The largest absolute Gasteiger partial charge is 1.00 e. The standard InChI is InChI=1S/C9H16N2O4S2.BrH/c12-3-1-11(2-4-13)8-6-17(14,15)5-7(8)10-9(11)16;/h7-8,12-13H,1-6H2;1H. The number of aliphatic hydroxyl groups is 2. The molecule has 0 amide bonds. The van der Waals surface area contributed by atoms with Crippen molar-refractivity contribution >= 4 is 27.2 Å². The molecule has 2 aliphatic heterocycles. The molecule has 106 valence electrons.